The van der Waals surface area contributed by atoms with E-state index in [0.29, 0.717) is 24.4 Å². The number of piperidine rings is 1. The van der Waals surface area contributed by atoms with Gasteiger partial charge in [-0.1, -0.05) is 30.3 Å². The molecule has 3 aromatic rings. The maximum atomic E-state index is 13.9. The number of benzene rings is 2. The smallest absolute Gasteiger partial charge is 0.261 e. The number of halogens is 1. The molecule has 0 unspecified atom stereocenters. The normalized spacial score (nSPS) is 16.1. The highest BCUT2D eigenvalue weighted by Gasteiger charge is 2.21. The number of likely N-dealkylation sites (tertiary alicyclic amines) is 1. The van der Waals surface area contributed by atoms with Gasteiger partial charge < -0.3 is 0 Å². The van der Waals surface area contributed by atoms with E-state index in [2.05, 4.69) is 9.88 Å². The Morgan fingerprint density at radius 3 is 2.56 bits per heavy atom. The van der Waals surface area contributed by atoms with Crippen molar-refractivity contribution in [3.05, 3.63) is 76.1 Å². The van der Waals surface area contributed by atoms with Gasteiger partial charge in [0.1, 0.15) is 11.6 Å². The maximum absolute atomic E-state index is 13.9. The number of hydrogen-bond acceptors (Lipinski definition) is 3. The summed E-state index contributed by atoms with van der Waals surface area (Å²) in [5.74, 6) is 1.08. The Labute approximate surface area is 158 Å². The van der Waals surface area contributed by atoms with E-state index in [1.165, 1.54) is 6.07 Å². The molecule has 4 nitrogen and oxygen atoms in total. The van der Waals surface area contributed by atoms with Gasteiger partial charge in [0, 0.05) is 18.7 Å². The largest absolute Gasteiger partial charge is 0.299 e. The number of para-hydroxylation sites is 1. The van der Waals surface area contributed by atoms with Crippen LogP contribution in [0.3, 0.4) is 0 Å². The van der Waals surface area contributed by atoms with Crippen LogP contribution in [0, 0.1) is 18.7 Å². The fourth-order valence-electron chi connectivity index (χ4n) is 3.95. The number of aromatic nitrogens is 2. The summed E-state index contributed by atoms with van der Waals surface area (Å²) in [7, 11) is 0. The Kier molecular flexibility index (Phi) is 5.03. The molecule has 0 saturated carbocycles. The Morgan fingerprint density at radius 1 is 1.07 bits per heavy atom. The van der Waals surface area contributed by atoms with Crippen molar-refractivity contribution in [1.82, 2.24) is 14.5 Å². The van der Waals surface area contributed by atoms with Crippen LogP contribution in [0.1, 0.15) is 24.2 Å². The molecule has 2 aromatic carbocycles. The van der Waals surface area contributed by atoms with Crippen molar-refractivity contribution < 1.29 is 4.39 Å². The Hall–Kier alpha value is -2.53. The highest BCUT2D eigenvalue weighted by molar-refractivity contribution is 5.77. The first-order chi connectivity index (χ1) is 13.1. The number of aryl methyl sites for hydroxylation is 1. The van der Waals surface area contributed by atoms with Crippen molar-refractivity contribution in [1.29, 1.82) is 0 Å². The second-order valence-electron chi connectivity index (χ2n) is 7.40. The molecule has 0 radical (unpaired) electrons. The molecule has 0 bridgehead atoms. The van der Waals surface area contributed by atoms with Gasteiger partial charge in [0.05, 0.1) is 10.9 Å². The molecular formula is C22H24FN3O. The van der Waals surface area contributed by atoms with Gasteiger partial charge in [-0.3, -0.25) is 14.3 Å². The third kappa shape index (κ3) is 3.78. The lowest BCUT2D eigenvalue weighted by Gasteiger charge is -2.32. The van der Waals surface area contributed by atoms with Crippen LogP contribution in [0.2, 0.25) is 0 Å². The van der Waals surface area contributed by atoms with Crippen molar-refractivity contribution in [3.63, 3.8) is 0 Å². The van der Waals surface area contributed by atoms with Gasteiger partial charge in [-0.05, 0) is 57.0 Å². The van der Waals surface area contributed by atoms with E-state index >= 15 is 0 Å². The van der Waals surface area contributed by atoms with Crippen LogP contribution in [0.25, 0.3) is 10.9 Å². The van der Waals surface area contributed by atoms with Gasteiger partial charge in [-0.15, -0.1) is 0 Å². The van der Waals surface area contributed by atoms with Crippen LogP contribution in [0.4, 0.5) is 4.39 Å². The Bertz CT molecular complexity index is 1010. The predicted octanol–water partition coefficient (Wildman–Crippen LogP) is 3.76. The lowest BCUT2D eigenvalue weighted by molar-refractivity contribution is 0.164. The van der Waals surface area contributed by atoms with Gasteiger partial charge in [-0.25, -0.2) is 9.37 Å². The molecule has 27 heavy (non-hydrogen) atoms. The zero-order valence-corrected chi connectivity index (χ0v) is 15.6. The maximum Gasteiger partial charge on any atom is 0.261 e. The number of fused-ring (bicyclic) bond motifs is 1. The van der Waals surface area contributed by atoms with Gasteiger partial charge in [-0.2, -0.15) is 0 Å². The van der Waals surface area contributed by atoms with Crippen LogP contribution < -0.4 is 5.56 Å². The number of nitrogens with zero attached hydrogens (tertiary/aromatic N) is 3. The van der Waals surface area contributed by atoms with Crippen LogP contribution in [0.15, 0.2) is 53.3 Å². The molecule has 2 heterocycles. The molecule has 1 aliphatic rings. The Balaban J connectivity index is 1.43. The van der Waals surface area contributed by atoms with Crippen molar-refractivity contribution in [2.75, 3.05) is 13.1 Å². The third-order valence-corrected chi connectivity index (χ3v) is 5.55. The number of rotatable bonds is 4. The quantitative estimate of drug-likeness (QED) is 0.707. The molecule has 0 amide bonds. The van der Waals surface area contributed by atoms with Gasteiger partial charge in [0.25, 0.3) is 5.56 Å². The molecule has 140 valence electrons. The van der Waals surface area contributed by atoms with Crippen molar-refractivity contribution in [2.24, 2.45) is 5.92 Å². The number of hydrogen-bond donors (Lipinski definition) is 0. The molecule has 0 atom stereocenters. The molecule has 1 aromatic heterocycles. The summed E-state index contributed by atoms with van der Waals surface area (Å²) in [5.41, 5.74) is 1.56. The van der Waals surface area contributed by atoms with E-state index in [1.807, 2.05) is 47.9 Å². The summed E-state index contributed by atoms with van der Waals surface area (Å²) in [6.45, 7) is 5.11. The average molecular weight is 365 g/mol. The molecule has 0 N–H and O–H groups in total. The summed E-state index contributed by atoms with van der Waals surface area (Å²) in [6.07, 6.45) is 2.01. The van der Waals surface area contributed by atoms with Gasteiger partial charge in [0.15, 0.2) is 0 Å². The minimum atomic E-state index is -0.135. The standard InChI is InChI=1S/C22H24FN3O/c1-16-24-21-9-5-3-7-19(21)22(27)26(16)14-17-10-12-25(13-11-17)15-18-6-2-4-8-20(18)23/h2-9,17H,10-15H2,1H3. The van der Waals surface area contributed by atoms with Crippen LogP contribution in [-0.2, 0) is 13.1 Å². The molecule has 1 aliphatic heterocycles. The second kappa shape index (κ2) is 7.61. The summed E-state index contributed by atoms with van der Waals surface area (Å²) >= 11 is 0. The van der Waals surface area contributed by atoms with Crippen LogP contribution >= 0.6 is 0 Å². The highest BCUT2D eigenvalue weighted by atomic mass is 19.1. The van der Waals surface area contributed by atoms with Crippen molar-refractivity contribution >= 4 is 10.9 Å². The second-order valence-corrected chi connectivity index (χ2v) is 7.40. The van der Waals surface area contributed by atoms with E-state index in [9.17, 15) is 9.18 Å². The monoisotopic (exact) mass is 365 g/mol. The molecule has 0 aliphatic carbocycles. The van der Waals surface area contributed by atoms with Crippen LogP contribution in [0.5, 0.6) is 0 Å². The zero-order chi connectivity index (χ0) is 18.8. The SMILES string of the molecule is Cc1nc2ccccc2c(=O)n1CC1CCN(Cc2ccccc2F)CC1. The van der Waals surface area contributed by atoms with Gasteiger partial charge >= 0.3 is 0 Å². The first-order valence-corrected chi connectivity index (χ1v) is 9.54. The van der Waals surface area contributed by atoms with Gasteiger partial charge in [0.2, 0.25) is 0 Å². The highest BCUT2D eigenvalue weighted by Crippen LogP contribution is 2.22. The lowest BCUT2D eigenvalue weighted by Crippen LogP contribution is -2.36. The first kappa shape index (κ1) is 17.9. The topological polar surface area (TPSA) is 38.1 Å². The summed E-state index contributed by atoms with van der Waals surface area (Å²) in [6, 6.07) is 14.5. The minimum absolute atomic E-state index is 0.0480. The molecule has 0 spiro atoms. The average Bonchev–Trinajstić information content (AvgIpc) is 2.68. The summed E-state index contributed by atoms with van der Waals surface area (Å²) in [4.78, 5) is 19.7. The van der Waals surface area contributed by atoms with Crippen molar-refractivity contribution in [2.45, 2.75) is 32.9 Å². The Morgan fingerprint density at radius 2 is 1.78 bits per heavy atom. The van der Waals surface area contributed by atoms with E-state index < -0.39 is 0 Å². The minimum Gasteiger partial charge on any atom is -0.299 e. The fraction of sp³-hybridized carbons (Fsp3) is 0.364. The fourth-order valence-corrected chi connectivity index (χ4v) is 3.95. The first-order valence-electron chi connectivity index (χ1n) is 9.54. The summed E-state index contributed by atoms with van der Waals surface area (Å²) < 4.78 is 15.7. The molecule has 1 fully saturated rings. The van der Waals surface area contributed by atoms with E-state index in [4.69, 9.17) is 0 Å². The zero-order valence-electron chi connectivity index (χ0n) is 15.6. The molecule has 5 heteroatoms. The van der Waals surface area contributed by atoms with Crippen molar-refractivity contribution in [3.8, 4) is 0 Å². The third-order valence-electron chi connectivity index (χ3n) is 5.55. The molecule has 4 rings (SSSR count). The van der Waals surface area contributed by atoms with E-state index in [-0.39, 0.29) is 11.4 Å². The van der Waals surface area contributed by atoms with Crippen LogP contribution in [-0.4, -0.2) is 27.5 Å². The predicted molar refractivity (Wildman–Crippen MR) is 105 cm³/mol. The molecular weight excluding hydrogens is 341 g/mol. The summed E-state index contributed by atoms with van der Waals surface area (Å²) in [5, 5.41) is 0.681. The molecule has 1 saturated heterocycles. The lowest BCUT2D eigenvalue weighted by atomic mass is 9.96. The van der Waals surface area contributed by atoms with E-state index in [1.54, 1.807) is 6.07 Å². The van der Waals surface area contributed by atoms with E-state index in [0.717, 1.165) is 42.8 Å².